The van der Waals surface area contributed by atoms with Crippen LogP contribution in [0.3, 0.4) is 0 Å². The molecule has 3 aromatic carbocycles. The number of hydrogen-bond donors (Lipinski definition) is 2. The van der Waals surface area contributed by atoms with E-state index < -0.39 is 5.91 Å². The highest BCUT2D eigenvalue weighted by Crippen LogP contribution is 2.20. The van der Waals surface area contributed by atoms with Crippen molar-refractivity contribution in [2.75, 3.05) is 13.1 Å². The highest BCUT2D eigenvalue weighted by Gasteiger charge is 2.12. The van der Waals surface area contributed by atoms with Crippen molar-refractivity contribution in [2.24, 2.45) is 0 Å². The predicted octanol–water partition coefficient (Wildman–Crippen LogP) is 4.64. The molecule has 2 N–H and O–H groups in total. The molecule has 0 aliphatic rings. The Hall–Kier alpha value is -3.51. The maximum Gasteiger partial charge on any atom is 0.251 e. The first-order chi connectivity index (χ1) is 15.5. The number of nitrogens with zero attached hydrogens (tertiary/aromatic N) is 1. The minimum Gasteiger partial charge on any atom is -0.350 e. The zero-order chi connectivity index (χ0) is 22.9. The van der Waals surface area contributed by atoms with Crippen molar-refractivity contribution in [2.45, 2.75) is 26.2 Å². The van der Waals surface area contributed by atoms with Gasteiger partial charge in [0.15, 0.2) is 0 Å². The number of carbonyl (C=O) groups is 2. The van der Waals surface area contributed by atoms with E-state index in [1.54, 1.807) is 24.3 Å². The molecule has 6 heteroatoms. The van der Waals surface area contributed by atoms with Crippen molar-refractivity contribution >= 4 is 11.8 Å². The van der Waals surface area contributed by atoms with E-state index in [0.29, 0.717) is 17.0 Å². The normalized spacial score (nSPS) is 10.6. The molecular weight excluding hydrogens is 407 g/mol. The number of amides is 2. The van der Waals surface area contributed by atoms with Gasteiger partial charge >= 0.3 is 0 Å². The number of benzene rings is 3. The third kappa shape index (κ3) is 6.49. The average molecular weight is 435 g/mol. The third-order valence-corrected chi connectivity index (χ3v) is 5.28. The Bertz CT molecular complexity index is 1030. The molecule has 0 heterocycles. The van der Waals surface area contributed by atoms with E-state index in [9.17, 15) is 19.2 Å². The van der Waals surface area contributed by atoms with E-state index in [2.05, 4.69) is 36.5 Å². The molecule has 5 nitrogen and oxygen atoms in total. The molecular formula is C26H27FN2O3. The Kier molecular flexibility index (Phi) is 8.11. The highest BCUT2D eigenvalue weighted by atomic mass is 19.1. The van der Waals surface area contributed by atoms with Gasteiger partial charge in [0, 0.05) is 18.5 Å². The molecule has 0 spiro atoms. The van der Waals surface area contributed by atoms with Crippen LogP contribution >= 0.6 is 0 Å². The number of hydroxylamine groups is 2. The first-order valence-corrected chi connectivity index (χ1v) is 10.7. The van der Waals surface area contributed by atoms with Gasteiger partial charge < -0.3 is 5.32 Å². The van der Waals surface area contributed by atoms with E-state index in [-0.39, 0.29) is 31.2 Å². The first-order valence-electron chi connectivity index (χ1n) is 10.7. The van der Waals surface area contributed by atoms with Crippen LogP contribution in [0, 0.1) is 5.82 Å². The Morgan fingerprint density at radius 1 is 0.875 bits per heavy atom. The van der Waals surface area contributed by atoms with Gasteiger partial charge in [-0.25, -0.2) is 9.45 Å². The fraction of sp³-hybridized carbons (Fsp3) is 0.231. The molecule has 3 aromatic rings. The van der Waals surface area contributed by atoms with Crippen LogP contribution in [-0.4, -0.2) is 35.2 Å². The summed E-state index contributed by atoms with van der Waals surface area (Å²) in [5, 5.41) is 13.2. The molecule has 2 amide bonds. The smallest absolute Gasteiger partial charge is 0.251 e. The van der Waals surface area contributed by atoms with Crippen molar-refractivity contribution in [1.82, 2.24) is 10.4 Å². The molecule has 0 atom stereocenters. The standard InChI is InChI=1S/C26H27FN2O3/c1-2-19-3-8-21(9-4-19)22-10-12-23(13-11-22)26(31)28-17-18-29(32)25(30)16-7-20-5-14-24(27)15-6-20/h3-6,8-15,32H,2,7,16-18H2,1H3,(H,28,31). The van der Waals surface area contributed by atoms with Gasteiger partial charge in [0.1, 0.15) is 5.82 Å². The first kappa shape index (κ1) is 23.2. The lowest BCUT2D eigenvalue weighted by molar-refractivity contribution is -0.164. The zero-order valence-corrected chi connectivity index (χ0v) is 18.1. The lowest BCUT2D eigenvalue weighted by Crippen LogP contribution is -2.36. The summed E-state index contributed by atoms with van der Waals surface area (Å²) >= 11 is 0. The van der Waals surface area contributed by atoms with Crippen LogP contribution < -0.4 is 5.32 Å². The van der Waals surface area contributed by atoms with Gasteiger partial charge in [-0.3, -0.25) is 14.8 Å². The van der Waals surface area contributed by atoms with Crippen LogP contribution in [0.5, 0.6) is 0 Å². The Morgan fingerprint density at radius 2 is 1.44 bits per heavy atom. The Labute approximate surface area is 187 Å². The summed E-state index contributed by atoms with van der Waals surface area (Å²) in [6.45, 7) is 2.22. The van der Waals surface area contributed by atoms with E-state index >= 15 is 0 Å². The summed E-state index contributed by atoms with van der Waals surface area (Å²) in [6.07, 6.45) is 1.48. The second kappa shape index (κ2) is 11.2. The molecule has 0 aromatic heterocycles. The van der Waals surface area contributed by atoms with Crippen molar-refractivity contribution in [3.63, 3.8) is 0 Å². The average Bonchev–Trinajstić information content (AvgIpc) is 2.83. The van der Waals surface area contributed by atoms with Gasteiger partial charge in [-0.1, -0.05) is 55.5 Å². The SMILES string of the molecule is CCc1ccc(-c2ccc(C(=O)NCCN(O)C(=O)CCc3ccc(F)cc3)cc2)cc1. The second-order valence-corrected chi connectivity index (χ2v) is 7.53. The maximum absolute atomic E-state index is 12.9. The van der Waals surface area contributed by atoms with Crippen molar-refractivity contribution in [3.05, 3.63) is 95.3 Å². The Balaban J connectivity index is 1.43. The molecule has 0 bridgehead atoms. The molecule has 0 fully saturated rings. The lowest BCUT2D eigenvalue weighted by Gasteiger charge is -2.15. The van der Waals surface area contributed by atoms with Crippen LogP contribution in [-0.2, 0) is 17.6 Å². The molecule has 0 unspecified atom stereocenters. The minimum absolute atomic E-state index is 0.0180. The predicted molar refractivity (Wildman–Crippen MR) is 122 cm³/mol. The monoisotopic (exact) mass is 434 g/mol. The van der Waals surface area contributed by atoms with Crippen LogP contribution in [0.25, 0.3) is 11.1 Å². The molecule has 0 aliphatic heterocycles. The van der Waals surface area contributed by atoms with E-state index in [4.69, 9.17) is 0 Å². The molecule has 32 heavy (non-hydrogen) atoms. The second-order valence-electron chi connectivity index (χ2n) is 7.53. The number of halogens is 1. The molecule has 166 valence electrons. The van der Waals surface area contributed by atoms with Gasteiger partial charge in [0.25, 0.3) is 5.91 Å². The van der Waals surface area contributed by atoms with E-state index in [0.717, 1.165) is 23.1 Å². The number of nitrogens with one attached hydrogen (secondary N) is 1. The summed E-state index contributed by atoms with van der Waals surface area (Å²) in [6, 6.07) is 21.5. The molecule has 0 radical (unpaired) electrons. The molecule has 0 saturated heterocycles. The third-order valence-electron chi connectivity index (χ3n) is 5.28. The summed E-state index contributed by atoms with van der Waals surface area (Å²) < 4.78 is 12.9. The van der Waals surface area contributed by atoms with Crippen molar-refractivity contribution in [3.8, 4) is 11.1 Å². The van der Waals surface area contributed by atoms with Gasteiger partial charge in [0.05, 0.1) is 6.54 Å². The van der Waals surface area contributed by atoms with Crippen molar-refractivity contribution < 1.29 is 19.2 Å². The van der Waals surface area contributed by atoms with Crippen molar-refractivity contribution in [1.29, 1.82) is 0 Å². The molecule has 3 rings (SSSR count). The molecule has 0 aliphatic carbocycles. The Morgan fingerprint density at radius 3 is 2.03 bits per heavy atom. The summed E-state index contributed by atoms with van der Waals surface area (Å²) in [5.74, 6) is -1.06. The van der Waals surface area contributed by atoms with E-state index in [1.807, 2.05) is 12.1 Å². The van der Waals surface area contributed by atoms with Crippen LogP contribution in [0.4, 0.5) is 4.39 Å². The highest BCUT2D eigenvalue weighted by molar-refractivity contribution is 5.94. The summed E-state index contributed by atoms with van der Waals surface area (Å²) in [4.78, 5) is 24.4. The van der Waals surface area contributed by atoms with Gasteiger partial charge in [-0.2, -0.15) is 0 Å². The number of carbonyl (C=O) groups excluding carboxylic acids is 2. The number of aryl methyl sites for hydroxylation is 2. The molecule has 0 saturated carbocycles. The number of hydrogen-bond acceptors (Lipinski definition) is 3. The maximum atomic E-state index is 12.9. The fourth-order valence-corrected chi connectivity index (χ4v) is 3.28. The van der Waals surface area contributed by atoms with Gasteiger partial charge in [-0.05, 0) is 59.4 Å². The minimum atomic E-state index is -0.456. The zero-order valence-electron chi connectivity index (χ0n) is 18.1. The van der Waals surface area contributed by atoms with E-state index in [1.165, 1.54) is 17.7 Å². The quantitative estimate of drug-likeness (QED) is 0.381. The van der Waals surface area contributed by atoms with Crippen LogP contribution in [0.1, 0.15) is 34.8 Å². The number of rotatable bonds is 9. The topological polar surface area (TPSA) is 69.6 Å². The van der Waals surface area contributed by atoms with Crippen LogP contribution in [0.2, 0.25) is 0 Å². The van der Waals surface area contributed by atoms with Crippen LogP contribution in [0.15, 0.2) is 72.8 Å². The van der Waals surface area contributed by atoms with Gasteiger partial charge in [-0.15, -0.1) is 0 Å². The lowest BCUT2D eigenvalue weighted by atomic mass is 10.0. The fourth-order valence-electron chi connectivity index (χ4n) is 3.28. The van der Waals surface area contributed by atoms with Gasteiger partial charge in [0.2, 0.25) is 5.91 Å². The largest absolute Gasteiger partial charge is 0.350 e. The summed E-state index contributed by atoms with van der Waals surface area (Å²) in [7, 11) is 0. The summed E-state index contributed by atoms with van der Waals surface area (Å²) in [5.41, 5.74) is 4.70.